The first kappa shape index (κ1) is 17.8. The Morgan fingerprint density at radius 2 is 1.43 bits per heavy atom. The van der Waals surface area contributed by atoms with E-state index in [1.807, 2.05) is 73.8 Å². The first-order valence-corrected chi connectivity index (χ1v) is 9.26. The molecule has 0 saturated carbocycles. The lowest BCUT2D eigenvalue weighted by atomic mass is 10.3. The predicted molar refractivity (Wildman–Crippen MR) is 97.6 cm³/mol. The van der Waals surface area contributed by atoms with E-state index in [1.165, 1.54) is 4.90 Å². The number of thioether (sulfide) groups is 2. The Labute approximate surface area is 136 Å². The van der Waals surface area contributed by atoms with E-state index in [2.05, 4.69) is 19.1 Å². The minimum atomic E-state index is 0.743. The maximum absolute atomic E-state index is 5.74. The number of rotatable bonds is 6. The maximum Gasteiger partial charge on any atom is 0.127 e. The third-order valence-corrected chi connectivity index (χ3v) is 4.60. The summed E-state index contributed by atoms with van der Waals surface area (Å²) in [5.41, 5.74) is 6.38. The zero-order chi connectivity index (χ0) is 15.5. The van der Waals surface area contributed by atoms with Gasteiger partial charge in [-0.2, -0.15) is 11.8 Å². The quantitative estimate of drug-likeness (QED) is 0.311. The fourth-order valence-corrected chi connectivity index (χ4v) is 3.34. The highest BCUT2D eigenvalue weighted by atomic mass is 32.2. The van der Waals surface area contributed by atoms with Gasteiger partial charge in [-0.15, -0.1) is 11.8 Å². The second kappa shape index (κ2) is 10.5. The third-order valence-electron chi connectivity index (χ3n) is 2.45. The zero-order valence-electron chi connectivity index (χ0n) is 12.8. The van der Waals surface area contributed by atoms with E-state index < -0.39 is 0 Å². The molecule has 2 nitrogen and oxygen atoms in total. The molecule has 0 atom stereocenters. The number of benzene rings is 2. The van der Waals surface area contributed by atoms with Crippen LogP contribution in [0.15, 0.2) is 53.4 Å². The lowest BCUT2D eigenvalue weighted by Gasteiger charge is -2.07. The molecule has 0 aromatic heterocycles. The zero-order valence-corrected chi connectivity index (χ0v) is 14.5. The van der Waals surface area contributed by atoms with Gasteiger partial charge in [0.05, 0.1) is 0 Å². The number of anilines is 1. The number of ether oxygens (including phenoxy) is 1. The van der Waals surface area contributed by atoms with E-state index in [4.69, 9.17) is 10.5 Å². The Bertz CT molecular complexity index is 497. The molecule has 0 heterocycles. The van der Waals surface area contributed by atoms with Crippen LogP contribution in [0, 0.1) is 0 Å². The number of nitrogen functional groups attached to an aromatic ring is 1. The summed E-state index contributed by atoms with van der Waals surface area (Å²) in [6.07, 6.45) is 0. The second-order valence-electron chi connectivity index (χ2n) is 3.90. The van der Waals surface area contributed by atoms with Crippen LogP contribution >= 0.6 is 23.5 Å². The molecule has 0 bridgehead atoms. The van der Waals surface area contributed by atoms with E-state index in [0.717, 1.165) is 28.0 Å². The van der Waals surface area contributed by atoms with Gasteiger partial charge in [-0.1, -0.05) is 20.8 Å². The van der Waals surface area contributed by atoms with Crippen molar-refractivity contribution >= 4 is 29.2 Å². The number of nitrogens with two attached hydrogens (primary N) is 1. The second-order valence-corrected chi connectivity index (χ2v) is 6.59. The Morgan fingerprint density at radius 3 is 1.95 bits per heavy atom. The Hall–Kier alpha value is -1.26. The highest BCUT2D eigenvalue weighted by Gasteiger charge is 1.98. The molecule has 2 rings (SSSR count). The van der Waals surface area contributed by atoms with Crippen molar-refractivity contribution in [3.63, 3.8) is 0 Å². The molecule has 0 saturated heterocycles. The van der Waals surface area contributed by atoms with Gasteiger partial charge in [0.1, 0.15) is 11.5 Å². The molecule has 0 fully saturated rings. The van der Waals surface area contributed by atoms with Crippen LogP contribution < -0.4 is 10.5 Å². The van der Waals surface area contributed by atoms with Crippen LogP contribution in [0.1, 0.15) is 20.8 Å². The van der Waals surface area contributed by atoms with E-state index in [0.29, 0.717) is 0 Å². The van der Waals surface area contributed by atoms with Crippen molar-refractivity contribution in [1.29, 1.82) is 0 Å². The van der Waals surface area contributed by atoms with Crippen LogP contribution in [0.2, 0.25) is 0 Å². The maximum atomic E-state index is 5.74. The largest absolute Gasteiger partial charge is 0.457 e. The van der Waals surface area contributed by atoms with Crippen molar-refractivity contribution in [1.82, 2.24) is 0 Å². The normalized spacial score (nSPS) is 9.67. The molecule has 4 heteroatoms. The molecule has 0 aliphatic carbocycles. The summed E-state index contributed by atoms with van der Waals surface area (Å²) in [4.78, 5) is 1.27. The molecule has 21 heavy (non-hydrogen) atoms. The topological polar surface area (TPSA) is 35.2 Å². The summed E-state index contributed by atoms with van der Waals surface area (Å²) in [6.45, 7) is 6.18. The number of hydrogen-bond donors (Lipinski definition) is 1. The number of hydrogen-bond acceptors (Lipinski definition) is 4. The van der Waals surface area contributed by atoms with Gasteiger partial charge >= 0.3 is 0 Å². The van der Waals surface area contributed by atoms with Gasteiger partial charge in [-0.3, -0.25) is 0 Å². The van der Waals surface area contributed by atoms with Crippen molar-refractivity contribution in [2.45, 2.75) is 25.7 Å². The van der Waals surface area contributed by atoms with Crippen molar-refractivity contribution in [3.05, 3.63) is 48.5 Å². The fraction of sp³-hybridized carbons (Fsp3) is 0.294. The van der Waals surface area contributed by atoms with Gasteiger partial charge < -0.3 is 10.5 Å². The molecule has 114 valence electrons. The molecule has 0 spiro atoms. The molecule has 2 aromatic carbocycles. The average molecular weight is 322 g/mol. The van der Waals surface area contributed by atoms with Gasteiger partial charge in [-0.25, -0.2) is 0 Å². The molecule has 2 N–H and O–H groups in total. The van der Waals surface area contributed by atoms with Crippen molar-refractivity contribution in [3.8, 4) is 11.5 Å². The molecule has 0 aliphatic heterocycles. The average Bonchev–Trinajstić information content (AvgIpc) is 2.53. The highest BCUT2D eigenvalue weighted by molar-refractivity contribution is 8.16. The van der Waals surface area contributed by atoms with Crippen molar-refractivity contribution < 1.29 is 4.74 Å². The van der Waals surface area contributed by atoms with E-state index >= 15 is 0 Å². The van der Waals surface area contributed by atoms with Crippen molar-refractivity contribution in [2.24, 2.45) is 0 Å². The van der Waals surface area contributed by atoms with Crippen LogP contribution in [-0.4, -0.2) is 10.8 Å². The third kappa shape index (κ3) is 6.82. The summed E-state index contributed by atoms with van der Waals surface area (Å²) in [6, 6.07) is 15.6. The van der Waals surface area contributed by atoms with Gasteiger partial charge in [0.25, 0.3) is 0 Å². The van der Waals surface area contributed by atoms with Gasteiger partial charge in [0, 0.05) is 15.7 Å². The standard InChI is InChI=1S/C15H17NOS2.C2H6/c1-2-18-11-19-15-9-7-14(8-10-15)17-13-5-3-12(16)4-6-13;1-2/h3-10H,2,11,16H2,1H3;1-2H3. The molecule has 0 amide bonds. The van der Waals surface area contributed by atoms with Gasteiger partial charge in [-0.05, 0) is 54.3 Å². The summed E-state index contributed by atoms with van der Waals surface area (Å²) in [5, 5.41) is 1.09. The molecular weight excluding hydrogens is 298 g/mol. The lowest BCUT2D eigenvalue weighted by molar-refractivity contribution is 0.482. The molecule has 0 radical (unpaired) electrons. The molecule has 0 aliphatic rings. The van der Waals surface area contributed by atoms with Crippen LogP contribution in [-0.2, 0) is 0 Å². The van der Waals surface area contributed by atoms with E-state index in [9.17, 15) is 0 Å². The summed E-state index contributed by atoms with van der Waals surface area (Å²) in [7, 11) is 0. The molecule has 0 unspecified atom stereocenters. The first-order valence-electron chi connectivity index (χ1n) is 7.12. The minimum absolute atomic E-state index is 0.743. The van der Waals surface area contributed by atoms with Crippen molar-refractivity contribution in [2.75, 3.05) is 16.6 Å². The molecule has 2 aromatic rings. The summed E-state index contributed by atoms with van der Waals surface area (Å²) in [5.74, 6) is 2.80. The Balaban J connectivity index is 0.00000106. The highest BCUT2D eigenvalue weighted by Crippen LogP contribution is 2.27. The minimum Gasteiger partial charge on any atom is -0.457 e. The summed E-state index contributed by atoms with van der Waals surface area (Å²) < 4.78 is 5.74. The lowest BCUT2D eigenvalue weighted by Crippen LogP contribution is -1.86. The predicted octanol–water partition coefficient (Wildman–Crippen LogP) is 5.89. The summed E-state index contributed by atoms with van der Waals surface area (Å²) >= 11 is 3.78. The van der Waals surface area contributed by atoms with E-state index in [1.54, 1.807) is 0 Å². The smallest absolute Gasteiger partial charge is 0.127 e. The van der Waals surface area contributed by atoms with Crippen LogP contribution in [0.4, 0.5) is 5.69 Å². The van der Waals surface area contributed by atoms with Gasteiger partial charge in [0.2, 0.25) is 0 Å². The van der Waals surface area contributed by atoms with Gasteiger partial charge in [0.15, 0.2) is 0 Å². The SMILES string of the molecule is CC.CCSCSc1ccc(Oc2ccc(N)cc2)cc1. The molecular formula is C17H23NOS2. The fourth-order valence-electron chi connectivity index (χ4n) is 1.47. The van der Waals surface area contributed by atoms with Crippen LogP contribution in [0.25, 0.3) is 0 Å². The Morgan fingerprint density at radius 1 is 0.905 bits per heavy atom. The monoisotopic (exact) mass is 321 g/mol. The van der Waals surface area contributed by atoms with E-state index in [-0.39, 0.29) is 0 Å². The van der Waals surface area contributed by atoms with Crippen LogP contribution in [0.3, 0.4) is 0 Å². The Kier molecular flexibility index (Phi) is 8.87. The first-order chi connectivity index (χ1) is 10.3. The van der Waals surface area contributed by atoms with Crippen LogP contribution in [0.5, 0.6) is 11.5 Å².